The van der Waals surface area contributed by atoms with Crippen LogP contribution in [0, 0.1) is 0 Å². The third-order valence-electron chi connectivity index (χ3n) is 2.33. The monoisotopic (exact) mass is 247 g/mol. The Morgan fingerprint density at radius 2 is 2.06 bits per heavy atom. The number of carbonyl (C=O) groups excluding carboxylic acids is 1. The SMILES string of the molecule is CCOC(=O)c1cc(OC)ccc1-n1nccn1. The van der Waals surface area contributed by atoms with Gasteiger partial charge in [0, 0.05) is 0 Å². The second-order valence-corrected chi connectivity index (χ2v) is 3.42. The molecule has 0 saturated heterocycles. The van der Waals surface area contributed by atoms with Crippen LogP contribution in [0.1, 0.15) is 17.3 Å². The number of ether oxygens (including phenoxy) is 2. The van der Waals surface area contributed by atoms with Gasteiger partial charge in [0.15, 0.2) is 0 Å². The number of hydrogen-bond donors (Lipinski definition) is 0. The molecule has 0 bridgehead atoms. The molecule has 0 aliphatic carbocycles. The van der Waals surface area contributed by atoms with Gasteiger partial charge in [-0.05, 0) is 25.1 Å². The highest BCUT2D eigenvalue weighted by Crippen LogP contribution is 2.20. The van der Waals surface area contributed by atoms with E-state index >= 15 is 0 Å². The zero-order valence-electron chi connectivity index (χ0n) is 10.2. The second kappa shape index (κ2) is 5.31. The molecule has 1 aromatic carbocycles. The van der Waals surface area contributed by atoms with E-state index in [4.69, 9.17) is 9.47 Å². The molecule has 0 amide bonds. The second-order valence-electron chi connectivity index (χ2n) is 3.42. The van der Waals surface area contributed by atoms with Gasteiger partial charge in [-0.15, -0.1) is 0 Å². The van der Waals surface area contributed by atoms with Crippen LogP contribution in [-0.2, 0) is 4.74 Å². The van der Waals surface area contributed by atoms with E-state index in [1.54, 1.807) is 37.5 Å². The van der Waals surface area contributed by atoms with Crippen molar-refractivity contribution in [2.75, 3.05) is 13.7 Å². The fourth-order valence-electron chi connectivity index (χ4n) is 1.53. The highest BCUT2D eigenvalue weighted by atomic mass is 16.5. The van der Waals surface area contributed by atoms with Crippen molar-refractivity contribution in [2.24, 2.45) is 0 Å². The maximum absolute atomic E-state index is 11.9. The maximum atomic E-state index is 11.9. The average Bonchev–Trinajstić information content (AvgIpc) is 2.92. The number of nitrogens with zero attached hydrogens (tertiary/aromatic N) is 3. The predicted octanol–water partition coefficient (Wildman–Crippen LogP) is 1.45. The van der Waals surface area contributed by atoms with Gasteiger partial charge < -0.3 is 9.47 Å². The highest BCUT2D eigenvalue weighted by molar-refractivity contribution is 5.93. The number of methoxy groups -OCH3 is 1. The molecule has 2 rings (SSSR count). The summed E-state index contributed by atoms with van der Waals surface area (Å²) >= 11 is 0. The first-order valence-corrected chi connectivity index (χ1v) is 5.48. The third kappa shape index (κ3) is 2.32. The molecule has 94 valence electrons. The summed E-state index contributed by atoms with van der Waals surface area (Å²) in [5, 5.41) is 8.00. The lowest BCUT2D eigenvalue weighted by molar-refractivity contribution is 0.0525. The van der Waals surface area contributed by atoms with Crippen molar-refractivity contribution in [1.29, 1.82) is 0 Å². The molecule has 0 aliphatic heterocycles. The van der Waals surface area contributed by atoms with Crippen LogP contribution in [0.15, 0.2) is 30.6 Å². The molecule has 0 atom stereocenters. The first-order chi connectivity index (χ1) is 8.76. The van der Waals surface area contributed by atoms with Crippen molar-refractivity contribution in [2.45, 2.75) is 6.92 Å². The Morgan fingerprint density at radius 1 is 1.33 bits per heavy atom. The summed E-state index contributed by atoms with van der Waals surface area (Å²) < 4.78 is 10.1. The Hall–Kier alpha value is -2.37. The minimum Gasteiger partial charge on any atom is -0.497 e. The van der Waals surface area contributed by atoms with Crippen molar-refractivity contribution < 1.29 is 14.3 Å². The largest absolute Gasteiger partial charge is 0.497 e. The van der Waals surface area contributed by atoms with E-state index in [1.807, 2.05) is 0 Å². The van der Waals surface area contributed by atoms with Crippen LogP contribution in [0.3, 0.4) is 0 Å². The predicted molar refractivity (Wildman–Crippen MR) is 63.9 cm³/mol. The number of carbonyl (C=O) groups is 1. The van der Waals surface area contributed by atoms with Crippen molar-refractivity contribution in [3.63, 3.8) is 0 Å². The number of benzene rings is 1. The molecule has 0 N–H and O–H groups in total. The van der Waals surface area contributed by atoms with E-state index in [1.165, 1.54) is 11.9 Å². The van der Waals surface area contributed by atoms with Crippen LogP contribution in [0.4, 0.5) is 0 Å². The minimum atomic E-state index is -0.427. The summed E-state index contributed by atoms with van der Waals surface area (Å²) in [6, 6.07) is 5.06. The maximum Gasteiger partial charge on any atom is 0.340 e. The molecule has 18 heavy (non-hydrogen) atoms. The topological polar surface area (TPSA) is 66.2 Å². The van der Waals surface area contributed by atoms with Crippen molar-refractivity contribution >= 4 is 5.97 Å². The van der Waals surface area contributed by atoms with Gasteiger partial charge in [0.1, 0.15) is 11.4 Å². The first kappa shape index (κ1) is 12.1. The molecule has 1 aromatic heterocycles. The van der Waals surface area contributed by atoms with Crippen molar-refractivity contribution in [3.05, 3.63) is 36.2 Å². The molecule has 6 heteroatoms. The van der Waals surface area contributed by atoms with Crippen molar-refractivity contribution in [3.8, 4) is 11.4 Å². The third-order valence-corrected chi connectivity index (χ3v) is 2.33. The highest BCUT2D eigenvalue weighted by Gasteiger charge is 2.16. The minimum absolute atomic E-state index is 0.308. The lowest BCUT2D eigenvalue weighted by Crippen LogP contribution is -2.11. The summed E-state index contributed by atoms with van der Waals surface area (Å²) in [5.74, 6) is 0.151. The number of esters is 1. The van der Waals surface area contributed by atoms with Crippen LogP contribution in [0.2, 0.25) is 0 Å². The zero-order valence-corrected chi connectivity index (χ0v) is 10.2. The fourth-order valence-corrected chi connectivity index (χ4v) is 1.53. The molecule has 0 radical (unpaired) electrons. The van der Waals surface area contributed by atoms with Gasteiger partial charge in [-0.3, -0.25) is 0 Å². The summed E-state index contributed by atoms with van der Waals surface area (Å²) in [5.41, 5.74) is 0.923. The standard InChI is InChI=1S/C12H13N3O3/c1-3-18-12(16)10-8-9(17-2)4-5-11(10)15-13-6-7-14-15/h4-8H,3H2,1-2H3. The Balaban J connectivity index is 2.48. The number of aromatic nitrogens is 3. The van der Waals surface area contributed by atoms with Gasteiger partial charge in [0.05, 0.1) is 31.7 Å². The summed E-state index contributed by atoms with van der Waals surface area (Å²) in [6.07, 6.45) is 3.08. The Bertz CT molecular complexity index is 538. The Kier molecular flexibility index (Phi) is 3.57. The van der Waals surface area contributed by atoms with Gasteiger partial charge in [-0.2, -0.15) is 15.0 Å². The number of rotatable bonds is 4. The van der Waals surface area contributed by atoms with Gasteiger partial charge in [0.2, 0.25) is 0 Å². The lowest BCUT2D eigenvalue weighted by Gasteiger charge is -2.09. The summed E-state index contributed by atoms with van der Waals surface area (Å²) in [6.45, 7) is 2.06. The summed E-state index contributed by atoms with van der Waals surface area (Å²) in [7, 11) is 1.54. The van der Waals surface area contributed by atoms with Gasteiger partial charge in [-0.25, -0.2) is 4.79 Å². The summed E-state index contributed by atoms with van der Waals surface area (Å²) in [4.78, 5) is 13.2. The molecule has 0 saturated carbocycles. The Morgan fingerprint density at radius 3 is 2.67 bits per heavy atom. The van der Waals surface area contributed by atoms with Gasteiger partial charge in [-0.1, -0.05) is 0 Å². The van der Waals surface area contributed by atoms with E-state index in [2.05, 4.69) is 10.2 Å². The molecule has 0 unspecified atom stereocenters. The number of hydrogen-bond acceptors (Lipinski definition) is 5. The van der Waals surface area contributed by atoms with Crippen LogP contribution in [0.5, 0.6) is 5.75 Å². The quantitative estimate of drug-likeness (QED) is 0.765. The Labute approximate surface area is 104 Å². The molecule has 6 nitrogen and oxygen atoms in total. The normalized spacial score (nSPS) is 10.1. The zero-order chi connectivity index (χ0) is 13.0. The molecule has 0 aliphatic rings. The van der Waals surface area contributed by atoms with Gasteiger partial charge in [0.25, 0.3) is 0 Å². The van der Waals surface area contributed by atoms with E-state index in [0.29, 0.717) is 23.6 Å². The van der Waals surface area contributed by atoms with Crippen LogP contribution < -0.4 is 4.74 Å². The van der Waals surface area contributed by atoms with Crippen LogP contribution >= 0.6 is 0 Å². The fraction of sp³-hybridized carbons (Fsp3) is 0.250. The molecular formula is C12H13N3O3. The lowest BCUT2D eigenvalue weighted by atomic mass is 10.1. The van der Waals surface area contributed by atoms with Gasteiger partial charge >= 0.3 is 5.97 Å². The van der Waals surface area contributed by atoms with Crippen LogP contribution in [-0.4, -0.2) is 34.7 Å². The van der Waals surface area contributed by atoms with E-state index in [9.17, 15) is 4.79 Å². The van der Waals surface area contributed by atoms with E-state index in [-0.39, 0.29) is 0 Å². The molecule has 0 fully saturated rings. The average molecular weight is 247 g/mol. The van der Waals surface area contributed by atoms with E-state index in [0.717, 1.165) is 0 Å². The van der Waals surface area contributed by atoms with Crippen molar-refractivity contribution in [1.82, 2.24) is 15.0 Å². The van der Waals surface area contributed by atoms with Crippen LogP contribution in [0.25, 0.3) is 5.69 Å². The molecule has 1 heterocycles. The molecule has 0 spiro atoms. The first-order valence-electron chi connectivity index (χ1n) is 5.48. The van der Waals surface area contributed by atoms with E-state index < -0.39 is 5.97 Å². The molecule has 2 aromatic rings. The molecular weight excluding hydrogens is 234 g/mol. The smallest absolute Gasteiger partial charge is 0.340 e.